The van der Waals surface area contributed by atoms with E-state index in [1.165, 1.54) is 5.01 Å². The van der Waals surface area contributed by atoms with Gasteiger partial charge in [-0.1, -0.05) is 13.8 Å². The highest BCUT2D eigenvalue weighted by Gasteiger charge is 2.19. The van der Waals surface area contributed by atoms with Gasteiger partial charge in [0.05, 0.1) is 23.9 Å². The number of hydrogen-bond acceptors (Lipinski definition) is 4. The van der Waals surface area contributed by atoms with Gasteiger partial charge in [0.2, 0.25) is 0 Å². The third kappa shape index (κ3) is 4.95. The van der Waals surface area contributed by atoms with Crippen LogP contribution in [0.4, 0.5) is 0 Å². The molecule has 1 atom stereocenters. The second kappa shape index (κ2) is 8.48. The first kappa shape index (κ1) is 17.2. The van der Waals surface area contributed by atoms with Gasteiger partial charge < -0.3 is 15.0 Å². The Morgan fingerprint density at radius 2 is 2.41 bits per heavy atom. The van der Waals surface area contributed by atoms with Crippen LogP contribution in [0.5, 0.6) is 0 Å². The number of nitrogens with zero attached hydrogens (tertiary/aromatic N) is 3. The van der Waals surface area contributed by atoms with Crippen LogP contribution in [0.25, 0.3) is 0 Å². The van der Waals surface area contributed by atoms with Gasteiger partial charge in [-0.2, -0.15) is 0 Å². The smallest absolute Gasteiger partial charge is 0.194 e. The molecule has 1 aliphatic heterocycles. The van der Waals surface area contributed by atoms with E-state index in [0.29, 0.717) is 18.4 Å². The second-order valence-corrected chi connectivity index (χ2v) is 7.00. The lowest BCUT2D eigenvalue weighted by Gasteiger charge is -2.24. The fourth-order valence-electron chi connectivity index (χ4n) is 2.49. The van der Waals surface area contributed by atoms with E-state index in [4.69, 9.17) is 9.73 Å². The summed E-state index contributed by atoms with van der Waals surface area (Å²) in [6, 6.07) is 0. The van der Waals surface area contributed by atoms with Crippen molar-refractivity contribution in [2.24, 2.45) is 10.9 Å². The number of thiazole rings is 1. The Labute approximate surface area is 137 Å². The molecule has 0 bridgehead atoms. The molecule has 2 rings (SSSR count). The molecule has 22 heavy (non-hydrogen) atoms. The highest BCUT2D eigenvalue weighted by Crippen LogP contribution is 2.19. The monoisotopic (exact) mass is 324 g/mol. The van der Waals surface area contributed by atoms with Crippen molar-refractivity contribution in [2.45, 2.75) is 39.7 Å². The Morgan fingerprint density at radius 3 is 3.00 bits per heavy atom. The fourth-order valence-corrected chi connectivity index (χ4v) is 3.31. The van der Waals surface area contributed by atoms with Crippen LogP contribution < -0.4 is 5.32 Å². The van der Waals surface area contributed by atoms with Crippen molar-refractivity contribution in [3.8, 4) is 0 Å². The zero-order chi connectivity index (χ0) is 15.9. The Balaban J connectivity index is 1.95. The third-order valence-electron chi connectivity index (χ3n) is 3.71. The summed E-state index contributed by atoms with van der Waals surface area (Å²) in [6.45, 7) is 10.7. The fraction of sp³-hybridized carbons (Fsp3) is 0.750. The Kier molecular flexibility index (Phi) is 6.64. The predicted molar refractivity (Wildman–Crippen MR) is 92.6 cm³/mol. The average molecular weight is 324 g/mol. The van der Waals surface area contributed by atoms with Gasteiger partial charge in [0.25, 0.3) is 0 Å². The van der Waals surface area contributed by atoms with Crippen molar-refractivity contribution in [1.82, 2.24) is 15.2 Å². The van der Waals surface area contributed by atoms with Crippen LogP contribution in [0, 0.1) is 5.92 Å². The van der Waals surface area contributed by atoms with Gasteiger partial charge in [0.1, 0.15) is 0 Å². The van der Waals surface area contributed by atoms with Gasteiger partial charge in [-0.3, -0.25) is 0 Å². The summed E-state index contributed by atoms with van der Waals surface area (Å²) in [6.07, 6.45) is 1.15. The van der Waals surface area contributed by atoms with E-state index in [1.807, 2.05) is 0 Å². The van der Waals surface area contributed by atoms with Crippen molar-refractivity contribution in [3.05, 3.63) is 16.1 Å². The van der Waals surface area contributed by atoms with Gasteiger partial charge in [-0.05, 0) is 13.3 Å². The number of rotatable bonds is 6. The molecule has 5 nitrogen and oxygen atoms in total. The predicted octanol–water partition coefficient (Wildman–Crippen LogP) is 2.70. The molecule has 1 N–H and O–H groups in total. The normalized spacial score (nSPS) is 19.0. The van der Waals surface area contributed by atoms with Crippen molar-refractivity contribution >= 4 is 17.3 Å². The SMILES string of the molecule is CCNC(=NCc1csc(C(C)C)n1)N(C)CC1CCOC1. The molecule has 0 aromatic carbocycles. The molecule has 1 aromatic heterocycles. The van der Waals surface area contributed by atoms with E-state index in [9.17, 15) is 0 Å². The molecule has 1 unspecified atom stereocenters. The third-order valence-corrected chi connectivity index (χ3v) is 4.90. The van der Waals surface area contributed by atoms with Gasteiger partial charge in [-0.15, -0.1) is 11.3 Å². The van der Waals surface area contributed by atoms with E-state index in [0.717, 1.165) is 44.4 Å². The van der Waals surface area contributed by atoms with Crippen molar-refractivity contribution in [2.75, 3.05) is 33.4 Å². The molecule has 6 heteroatoms. The molecule has 124 valence electrons. The summed E-state index contributed by atoms with van der Waals surface area (Å²) in [5.74, 6) is 2.05. The van der Waals surface area contributed by atoms with Crippen LogP contribution in [0.2, 0.25) is 0 Å². The summed E-state index contributed by atoms with van der Waals surface area (Å²) in [5.41, 5.74) is 1.06. The molecule has 0 aliphatic carbocycles. The average Bonchev–Trinajstić information content (AvgIpc) is 3.14. The molecule has 0 saturated carbocycles. The van der Waals surface area contributed by atoms with Crippen LogP contribution >= 0.6 is 11.3 Å². The maximum absolute atomic E-state index is 5.46. The molecular formula is C16H28N4OS. The number of nitrogens with one attached hydrogen (secondary N) is 1. The maximum Gasteiger partial charge on any atom is 0.194 e. The van der Waals surface area contributed by atoms with Crippen LogP contribution in [0.1, 0.15) is 43.8 Å². The highest BCUT2D eigenvalue weighted by molar-refractivity contribution is 7.09. The lowest BCUT2D eigenvalue weighted by molar-refractivity contribution is 0.181. The molecule has 0 amide bonds. The quantitative estimate of drug-likeness (QED) is 0.646. The first-order valence-electron chi connectivity index (χ1n) is 8.11. The zero-order valence-corrected chi connectivity index (χ0v) is 14.9. The van der Waals surface area contributed by atoms with E-state index in [-0.39, 0.29) is 0 Å². The molecule has 1 aliphatic rings. The van der Waals surface area contributed by atoms with E-state index in [2.05, 4.69) is 48.4 Å². The number of aliphatic imine (C=N–C) groups is 1. The van der Waals surface area contributed by atoms with Crippen LogP contribution in [-0.2, 0) is 11.3 Å². The largest absolute Gasteiger partial charge is 0.381 e. The summed E-state index contributed by atoms with van der Waals surface area (Å²) >= 11 is 1.73. The first-order valence-corrected chi connectivity index (χ1v) is 8.99. The summed E-state index contributed by atoms with van der Waals surface area (Å²) < 4.78 is 5.46. The minimum atomic E-state index is 0.487. The molecule has 2 heterocycles. The van der Waals surface area contributed by atoms with E-state index in [1.54, 1.807) is 11.3 Å². The minimum absolute atomic E-state index is 0.487. The minimum Gasteiger partial charge on any atom is -0.381 e. The van der Waals surface area contributed by atoms with Gasteiger partial charge in [0.15, 0.2) is 5.96 Å². The second-order valence-electron chi connectivity index (χ2n) is 6.11. The Morgan fingerprint density at radius 1 is 1.59 bits per heavy atom. The van der Waals surface area contributed by atoms with Gasteiger partial charge >= 0.3 is 0 Å². The van der Waals surface area contributed by atoms with E-state index < -0.39 is 0 Å². The van der Waals surface area contributed by atoms with Gasteiger partial charge in [0, 0.05) is 44.0 Å². The standard InChI is InChI=1S/C16H28N4OS/c1-5-17-16(20(4)9-13-6-7-21-10-13)18-8-14-11-22-15(19-14)12(2)3/h11-13H,5-10H2,1-4H3,(H,17,18). The molecule has 1 fully saturated rings. The Bertz CT molecular complexity index is 480. The van der Waals surface area contributed by atoms with Crippen LogP contribution in [-0.4, -0.2) is 49.2 Å². The Hall–Kier alpha value is -1.14. The summed E-state index contributed by atoms with van der Waals surface area (Å²) in [4.78, 5) is 11.6. The number of aromatic nitrogens is 1. The highest BCUT2D eigenvalue weighted by atomic mass is 32.1. The molecule has 1 saturated heterocycles. The zero-order valence-electron chi connectivity index (χ0n) is 14.1. The maximum atomic E-state index is 5.46. The number of ether oxygens (including phenoxy) is 1. The summed E-state index contributed by atoms with van der Waals surface area (Å²) in [7, 11) is 2.10. The molecular weight excluding hydrogens is 296 g/mol. The number of guanidine groups is 1. The topological polar surface area (TPSA) is 49.8 Å². The lowest BCUT2D eigenvalue weighted by atomic mass is 10.1. The lowest BCUT2D eigenvalue weighted by Crippen LogP contribution is -2.41. The molecule has 1 aromatic rings. The van der Waals surface area contributed by atoms with E-state index >= 15 is 0 Å². The number of hydrogen-bond donors (Lipinski definition) is 1. The summed E-state index contributed by atoms with van der Waals surface area (Å²) in [5, 5.41) is 6.67. The molecule has 0 spiro atoms. The van der Waals surface area contributed by atoms with Crippen molar-refractivity contribution in [1.29, 1.82) is 0 Å². The van der Waals surface area contributed by atoms with Crippen molar-refractivity contribution in [3.63, 3.8) is 0 Å². The first-order chi connectivity index (χ1) is 10.6. The van der Waals surface area contributed by atoms with Crippen LogP contribution in [0.15, 0.2) is 10.4 Å². The van der Waals surface area contributed by atoms with Crippen LogP contribution in [0.3, 0.4) is 0 Å². The van der Waals surface area contributed by atoms with Crippen molar-refractivity contribution < 1.29 is 4.74 Å². The molecule has 0 radical (unpaired) electrons. The van der Waals surface area contributed by atoms with Gasteiger partial charge in [-0.25, -0.2) is 9.98 Å².